The van der Waals surface area contributed by atoms with E-state index in [9.17, 15) is 4.79 Å². The first-order chi connectivity index (χ1) is 15.1. The van der Waals surface area contributed by atoms with E-state index >= 15 is 0 Å². The van der Waals surface area contributed by atoms with Gasteiger partial charge in [-0.2, -0.15) is 0 Å². The molecule has 0 aliphatic carbocycles. The van der Waals surface area contributed by atoms with Crippen molar-refractivity contribution in [3.05, 3.63) is 87.6 Å². The average molecular weight is 450 g/mol. The van der Waals surface area contributed by atoms with Crippen molar-refractivity contribution in [2.24, 2.45) is 0 Å². The summed E-state index contributed by atoms with van der Waals surface area (Å²) < 4.78 is 2.11. The number of hydrogen-bond donors (Lipinski definition) is 1. The first kappa shape index (κ1) is 21.3. The largest absolute Gasteiger partial charge is 0.326 e. The molecule has 0 unspecified atom stereocenters. The topological polar surface area (TPSA) is 72.7 Å². The van der Waals surface area contributed by atoms with Crippen LogP contribution in [0, 0.1) is 13.8 Å². The van der Waals surface area contributed by atoms with Crippen LogP contribution in [0.4, 0.5) is 5.69 Å². The van der Waals surface area contributed by atoms with Crippen molar-refractivity contribution in [1.29, 1.82) is 0 Å². The maximum absolute atomic E-state index is 12.3. The Morgan fingerprint density at radius 2 is 1.84 bits per heavy atom. The number of aromatic nitrogens is 4. The number of benzene rings is 2. The molecular weight excluding hydrogens is 426 g/mol. The van der Waals surface area contributed by atoms with E-state index in [-0.39, 0.29) is 12.3 Å². The quantitative estimate of drug-likeness (QED) is 0.389. The van der Waals surface area contributed by atoms with Gasteiger partial charge in [0, 0.05) is 16.8 Å². The molecular formula is C23H23N5OS2. The van der Waals surface area contributed by atoms with Gasteiger partial charge >= 0.3 is 0 Å². The zero-order chi connectivity index (χ0) is 21.6. The van der Waals surface area contributed by atoms with Crippen LogP contribution in [0.2, 0.25) is 0 Å². The third-order valence-corrected chi connectivity index (χ3v) is 6.58. The Labute approximate surface area is 189 Å². The second-order valence-electron chi connectivity index (χ2n) is 7.21. The Hall–Kier alpha value is -2.97. The smallest absolute Gasteiger partial charge is 0.231 e. The standard InChI is InChI=1S/C23H23N5OS2/c1-16-8-10-19(11-9-16)24-21(29)12-22-25-20(14-30-22)15-31-23-27-26-17(2)28(23)13-18-6-4-3-5-7-18/h3-11,14H,12-13,15H2,1-2H3,(H,24,29). The Morgan fingerprint density at radius 1 is 1.06 bits per heavy atom. The predicted octanol–water partition coefficient (Wildman–Crippen LogP) is 4.87. The highest BCUT2D eigenvalue weighted by Gasteiger charge is 2.13. The Kier molecular flexibility index (Phi) is 6.79. The molecule has 0 saturated heterocycles. The summed E-state index contributed by atoms with van der Waals surface area (Å²) in [7, 11) is 0. The van der Waals surface area contributed by atoms with Crippen molar-refractivity contribution in [2.75, 3.05) is 5.32 Å². The van der Waals surface area contributed by atoms with Crippen LogP contribution >= 0.6 is 23.1 Å². The number of hydrogen-bond acceptors (Lipinski definition) is 6. The van der Waals surface area contributed by atoms with Gasteiger partial charge in [0.25, 0.3) is 0 Å². The van der Waals surface area contributed by atoms with Crippen LogP contribution in [-0.4, -0.2) is 25.7 Å². The van der Waals surface area contributed by atoms with Gasteiger partial charge in [0.05, 0.1) is 18.7 Å². The highest BCUT2D eigenvalue weighted by atomic mass is 32.2. The molecule has 2 aromatic heterocycles. The number of thiazole rings is 1. The normalized spacial score (nSPS) is 10.9. The second-order valence-corrected chi connectivity index (χ2v) is 9.10. The van der Waals surface area contributed by atoms with Gasteiger partial charge in [-0.25, -0.2) is 4.98 Å². The molecule has 31 heavy (non-hydrogen) atoms. The van der Waals surface area contributed by atoms with Crippen molar-refractivity contribution in [2.45, 2.75) is 37.7 Å². The van der Waals surface area contributed by atoms with E-state index in [1.165, 1.54) is 16.9 Å². The SMILES string of the molecule is Cc1ccc(NC(=O)Cc2nc(CSc3nnc(C)n3Cc3ccccc3)cs2)cc1. The van der Waals surface area contributed by atoms with Crippen LogP contribution in [0.15, 0.2) is 65.1 Å². The van der Waals surface area contributed by atoms with Gasteiger partial charge in [-0.1, -0.05) is 59.8 Å². The Morgan fingerprint density at radius 3 is 2.61 bits per heavy atom. The molecule has 0 bridgehead atoms. The minimum Gasteiger partial charge on any atom is -0.326 e. The van der Waals surface area contributed by atoms with Crippen molar-refractivity contribution >= 4 is 34.7 Å². The lowest BCUT2D eigenvalue weighted by molar-refractivity contribution is -0.115. The lowest BCUT2D eigenvalue weighted by Crippen LogP contribution is -2.14. The maximum Gasteiger partial charge on any atom is 0.231 e. The van der Waals surface area contributed by atoms with E-state index < -0.39 is 0 Å². The number of rotatable bonds is 8. The van der Waals surface area contributed by atoms with Gasteiger partial charge in [0.2, 0.25) is 5.91 Å². The van der Waals surface area contributed by atoms with Crippen molar-refractivity contribution in [1.82, 2.24) is 19.7 Å². The highest BCUT2D eigenvalue weighted by molar-refractivity contribution is 7.98. The van der Waals surface area contributed by atoms with Gasteiger partial charge in [0.1, 0.15) is 10.8 Å². The summed E-state index contributed by atoms with van der Waals surface area (Å²) in [5, 5.41) is 15.2. The molecule has 1 N–H and O–H groups in total. The highest BCUT2D eigenvalue weighted by Crippen LogP contribution is 2.24. The predicted molar refractivity (Wildman–Crippen MR) is 125 cm³/mol. The molecule has 0 saturated carbocycles. The molecule has 2 heterocycles. The molecule has 0 aliphatic heterocycles. The van der Waals surface area contributed by atoms with E-state index in [0.717, 1.165) is 39.5 Å². The Bertz CT molecular complexity index is 1150. The van der Waals surface area contributed by atoms with Crippen molar-refractivity contribution < 1.29 is 4.79 Å². The first-order valence-corrected chi connectivity index (χ1v) is 11.8. The van der Waals surface area contributed by atoms with Crippen LogP contribution in [0.25, 0.3) is 0 Å². The van der Waals surface area contributed by atoms with E-state index in [0.29, 0.717) is 5.75 Å². The minimum atomic E-state index is -0.0596. The van der Waals surface area contributed by atoms with Gasteiger partial charge in [-0.15, -0.1) is 21.5 Å². The van der Waals surface area contributed by atoms with Gasteiger partial charge < -0.3 is 9.88 Å². The van der Waals surface area contributed by atoms with Crippen LogP contribution < -0.4 is 5.32 Å². The number of thioether (sulfide) groups is 1. The first-order valence-electron chi connectivity index (χ1n) is 9.93. The summed E-state index contributed by atoms with van der Waals surface area (Å²) in [5.74, 6) is 1.51. The van der Waals surface area contributed by atoms with Crippen LogP contribution in [-0.2, 0) is 23.5 Å². The Balaban J connectivity index is 1.33. The third kappa shape index (κ3) is 5.80. The summed E-state index contributed by atoms with van der Waals surface area (Å²) in [6.45, 7) is 4.73. The zero-order valence-corrected chi connectivity index (χ0v) is 19.0. The van der Waals surface area contributed by atoms with Gasteiger partial charge in [0.15, 0.2) is 5.16 Å². The number of nitrogens with zero attached hydrogens (tertiary/aromatic N) is 4. The number of amides is 1. The summed E-state index contributed by atoms with van der Waals surface area (Å²) in [6, 6.07) is 18.1. The molecule has 4 rings (SSSR count). The summed E-state index contributed by atoms with van der Waals surface area (Å²) in [6.07, 6.45) is 0.270. The fourth-order valence-corrected chi connectivity index (χ4v) is 4.80. The third-order valence-electron chi connectivity index (χ3n) is 4.68. The summed E-state index contributed by atoms with van der Waals surface area (Å²) >= 11 is 3.12. The van der Waals surface area contributed by atoms with Crippen LogP contribution in [0.1, 0.15) is 27.7 Å². The summed E-state index contributed by atoms with van der Waals surface area (Å²) in [5.41, 5.74) is 4.12. The van der Waals surface area contributed by atoms with E-state index in [1.807, 2.05) is 61.7 Å². The minimum absolute atomic E-state index is 0.0596. The van der Waals surface area contributed by atoms with E-state index in [2.05, 4.69) is 37.2 Å². The van der Waals surface area contributed by atoms with Gasteiger partial charge in [-0.3, -0.25) is 4.79 Å². The molecule has 158 valence electrons. The van der Waals surface area contributed by atoms with E-state index in [1.54, 1.807) is 11.8 Å². The molecule has 6 nitrogen and oxygen atoms in total. The van der Waals surface area contributed by atoms with Crippen LogP contribution in [0.5, 0.6) is 0 Å². The molecule has 1 amide bonds. The molecule has 0 atom stereocenters. The lowest BCUT2D eigenvalue weighted by atomic mass is 10.2. The van der Waals surface area contributed by atoms with Crippen LogP contribution in [0.3, 0.4) is 0 Å². The number of carbonyl (C=O) groups excluding carboxylic acids is 1. The van der Waals surface area contributed by atoms with Crippen molar-refractivity contribution in [3.63, 3.8) is 0 Å². The molecule has 0 aliphatic rings. The number of aryl methyl sites for hydroxylation is 2. The molecule has 0 spiro atoms. The number of nitrogens with one attached hydrogen (secondary N) is 1. The fraction of sp³-hybridized carbons (Fsp3) is 0.217. The molecule has 4 aromatic rings. The molecule has 0 radical (unpaired) electrons. The monoisotopic (exact) mass is 449 g/mol. The fourth-order valence-electron chi connectivity index (χ4n) is 3.03. The lowest BCUT2D eigenvalue weighted by Gasteiger charge is -2.08. The van der Waals surface area contributed by atoms with Crippen molar-refractivity contribution in [3.8, 4) is 0 Å². The molecule has 2 aromatic carbocycles. The molecule has 0 fully saturated rings. The molecule has 8 heteroatoms. The van der Waals surface area contributed by atoms with E-state index in [4.69, 9.17) is 0 Å². The maximum atomic E-state index is 12.3. The van der Waals surface area contributed by atoms with Gasteiger partial charge in [-0.05, 0) is 31.5 Å². The number of carbonyl (C=O) groups is 1. The summed E-state index contributed by atoms with van der Waals surface area (Å²) in [4.78, 5) is 16.9. The zero-order valence-electron chi connectivity index (χ0n) is 17.4. The average Bonchev–Trinajstić information content (AvgIpc) is 3.35. The second kappa shape index (κ2) is 9.89. The number of anilines is 1.